The van der Waals surface area contributed by atoms with E-state index in [9.17, 15) is 10.1 Å². The monoisotopic (exact) mass is 236 g/mol. The average Bonchev–Trinajstić information content (AvgIpc) is 3.14. The summed E-state index contributed by atoms with van der Waals surface area (Å²) in [5.74, 6) is 1.22. The van der Waals surface area contributed by atoms with Crippen LogP contribution in [0.15, 0.2) is 18.3 Å². The van der Waals surface area contributed by atoms with Crippen molar-refractivity contribution in [2.75, 3.05) is 18.5 Å². The summed E-state index contributed by atoms with van der Waals surface area (Å²) < 4.78 is 0. The molecular formula is C11H16N4O2. The minimum atomic E-state index is -0.409. The van der Waals surface area contributed by atoms with Crippen molar-refractivity contribution >= 4 is 11.5 Å². The van der Waals surface area contributed by atoms with Gasteiger partial charge in [0.05, 0.1) is 11.0 Å². The quantitative estimate of drug-likeness (QED) is 0.612. The molecule has 1 unspecified atom stereocenters. The zero-order chi connectivity index (χ0) is 12.4. The molecule has 17 heavy (non-hydrogen) atoms. The van der Waals surface area contributed by atoms with Crippen LogP contribution in [0.2, 0.25) is 0 Å². The van der Waals surface area contributed by atoms with Gasteiger partial charge in [0, 0.05) is 31.9 Å². The number of rotatable bonds is 5. The number of hydrogen-bond donors (Lipinski definition) is 1. The van der Waals surface area contributed by atoms with Crippen molar-refractivity contribution in [3.05, 3.63) is 28.4 Å². The highest BCUT2D eigenvalue weighted by Gasteiger charge is 2.33. The number of nitrogens with two attached hydrogens (primary N) is 1. The van der Waals surface area contributed by atoms with Crippen LogP contribution >= 0.6 is 0 Å². The maximum atomic E-state index is 10.7. The van der Waals surface area contributed by atoms with Crippen LogP contribution in [0.3, 0.4) is 0 Å². The Hall–Kier alpha value is -1.69. The van der Waals surface area contributed by atoms with Crippen molar-refractivity contribution in [3.8, 4) is 0 Å². The Kier molecular flexibility index (Phi) is 3.23. The molecule has 1 fully saturated rings. The second-order valence-corrected chi connectivity index (χ2v) is 4.38. The SMILES string of the molecule is CN(c1cc([N+](=O)[O-])ccn1)C(CN)C1CC1. The van der Waals surface area contributed by atoms with E-state index in [1.54, 1.807) is 0 Å². The topological polar surface area (TPSA) is 85.3 Å². The molecule has 0 spiro atoms. The predicted octanol–water partition coefficient (Wildman–Crippen LogP) is 1.16. The molecular weight excluding hydrogens is 220 g/mol. The first-order valence-corrected chi connectivity index (χ1v) is 5.67. The molecule has 2 rings (SSSR count). The van der Waals surface area contributed by atoms with Gasteiger partial charge in [0.2, 0.25) is 0 Å². The number of pyridine rings is 1. The van der Waals surface area contributed by atoms with Gasteiger partial charge in [-0.1, -0.05) is 0 Å². The van der Waals surface area contributed by atoms with Gasteiger partial charge in [-0.25, -0.2) is 4.98 Å². The third-order valence-electron chi connectivity index (χ3n) is 3.21. The van der Waals surface area contributed by atoms with Gasteiger partial charge >= 0.3 is 0 Å². The third-order valence-corrected chi connectivity index (χ3v) is 3.21. The molecule has 6 heteroatoms. The summed E-state index contributed by atoms with van der Waals surface area (Å²) >= 11 is 0. The van der Waals surface area contributed by atoms with E-state index in [2.05, 4.69) is 4.98 Å². The standard InChI is InChI=1S/C11H16N4O2/c1-14(10(7-12)8-2-3-8)11-6-9(15(16)17)4-5-13-11/h4-6,8,10H,2-3,7,12H2,1H3. The second kappa shape index (κ2) is 4.67. The smallest absolute Gasteiger partial charge is 0.274 e. The van der Waals surface area contributed by atoms with E-state index >= 15 is 0 Å². The molecule has 0 bridgehead atoms. The van der Waals surface area contributed by atoms with Gasteiger partial charge in [0.25, 0.3) is 5.69 Å². The van der Waals surface area contributed by atoms with Gasteiger partial charge in [-0.15, -0.1) is 0 Å². The van der Waals surface area contributed by atoms with E-state index in [0.29, 0.717) is 18.3 Å². The lowest BCUT2D eigenvalue weighted by molar-refractivity contribution is -0.384. The van der Waals surface area contributed by atoms with Crippen molar-refractivity contribution in [3.63, 3.8) is 0 Å². The number of nitrogens with zero attached hydrogens (tertiary/aromatic N) is 3. The molecule has 0 radical (unpaired) electrons. The highest BCUT2D eigenvalue weighted by molar-refractivity contribution is 5.47. The molecule has 0 aliphatic heterocycles. The maximum Gasteiger partial charge on any atom is 0.274 e. The van der Waals surface area contributed by atoms with E-state index in [1.165, 1.54) is 31.2 Å². The zero-order valence-electron chi connectivity index (χ0n) is 9.74. The molecule has 1 aliphatic carbocycles. The molecule has 92 valence electrons. The average molecular weight is 236 g/mol. The molecule has 1 aliphatic rings. The lowest BCUT2D eigenvalue weighted by atomic mass is 10.1. The van der Waals surface area contributed by atoms with Crippen LogP contribution in [0.25, 0.3) is 0 Å². The van der Waals surface area contributed by atoms with E-state index in [1.807, 2.05) is 11.9 Å². The van der Waals surface area contributed by atoms with Crippen molar-refractivity contribution in [1.82, 2.24) is 4.98 Å². The van der Waals surface area contributed by atoms with Gasteiger partial charge < -0.3 is 10.6 Å². The van der Waals surface area contributed by atoms with Crippen molar-refractivity contribution < 1.29 is 4.92 Å². The molecule has 0 saturated heterocycles. The zero-order valence-corrected chi connectivity index (χ0v) is 9.74. The molecule has 1 atom stereocenters. The summed E-state index contributed by atoms with van der Waals surface area (Å²) in [4.78, 5) is 16.4. The molecule has 6 nitrogen and oxygen atoms in total. The molecule has 0 amide bonds. The first-order chi connectivity index (χ1) is 8.13. The molecule has 1 heterocycles. The molecule has 1 aromatic heterocycles. The Labute approximate surface area is 99.6 Å². The van der Waals surface area contributed by atoms with E-state index in [0.717, 1.165) is 0 Å². The van der Waals surface area contributed by atoms with Gasteiger partial charge in [0.1, 0.15) is 5.82 Å². The fourth-order valence-electron chi connectivity index (χ4n) is 2.03. The minimum Gasteiger partial charge on any atom is -0.355 e. The van der Waals surface area contributed by atoms with Crippen LogP contribution in [0, 0.1) is 16.0 Å². The number of likely N-dealkylation sites (N-methyl/N-ethyl adjacent to an activating group) is 1. The summed E-state index contributed by atoms with van der Waals surface area (Å²) in [6, 6.07) is 3.11. The number of anilines is 1. The maximum absolute atomic E-state index is 10.7. The van der Waals surface area contributed by atoms with Crippen molar-refractivity contribution in [2.45, 2.75) is 18.9 Å². The van der Waals surface area contributed by atoms with E-state index < -0.39 is 4.92 Å². The molecule has 0 aromatic carbocycles. The summed E-state index contributed by atoms with van der Waals surface area (Å²) in [5.41, 5.74) is 5.81. The van der Waals surface area contributed by atoms with Gasteiger partial charge in [-0.05, 0) is 18.8 Å². The third kappa shape index (κ3) is 2.52. The first kappa shape index (κ1) is 11.8. The largest absolute Gasteiger partial charge is 0.355 e. The normalized spacial score (nSPS) is 16.6. The predicted molar refractivity (Wildman–Crippen MR) is 64.9 cm³/mol. The van der Waals surface area contributed by atoms with Crippen LogP contribution in [-0.4, -0.2) is 29.5 Å². The second-order valence-electron chi connectivity index (χ2n) is 4.38. The molecule has 1 saturated carbocycles. The van der Waals surface area contributed by atoms with Crippen molar-refractivity contribution in [1.29, 1.82) is 0 Å². The Morgan fingerprint density at radius 1 is 1.71 bits per heavy atom. The Bertz CT molecular complexity index is 420. The van der Waals surface area contributed by atoms with Crippen LogP contribution in [0.1, 0.15) is 12.8 Å². The van der Waals surface area contributed by atoms with Gasteiger partial charge in [-0.3, -0.25) is 10.1 Å². The summed E-state index contributed by atoms with van der Waals surface area (Å²) in [7, 11) is 1.89. The lowest BCUT2D eigenvalue weighted by Crippen LogP contribution is -2.40. The van der Waals surface area contributed by atoms with E-state index in [4.69, 9.17) is 5.73 Å². The van der Waals surface area contributed by atoms with Crippen LogP contribution in [-0.2, 0) is 0 Å². The Balaban J connectivity index is 2.20. The Morgan fingerprint density at radius 3 is 2.94 bits per heavy atom. The molecule has 2 N–H and O–H groups in total. The summed E-state index contributed by atoms with van der Waals surface area (Å²) in [6.07, 6.45) is 3.83. The summed E-state index contributed by atoms with van der Waals surface area (Å²) in [6.45, 7) is 0.547. The molecule has 1 aromatic rings. The van der Waals surface area contributed by atoms with Crippen molar-refractivity contribution in [2.24, 2.45) is 11.7 Å². The number of nitro groups is 1. The highest BCUT2D eigenvalue weighted by atomic mass is 16.6. The summed E-state index contributed by atoms with van der Waals surface area (Å²) in [5, 5.41) is 10.7. The Morgan fingerprint density at radius 2 is 2.41 bits per heavy atom. The van der Waals surface area contributed by atoms with Crippen LogP contribution < -0.4 is 10.6 Å². The first-order valence-electron chi connectivity index (χ1n) is 5.67. The fraction of sp³-hybridized carbons (Fsp3) is 0.545. The fourth-order valence-corrected chi connectivity index (χ4v) is 2.03. The van der Waals surface area contributed by atoms with Crippen LogP contribution in [0.5, 0.6) is 0 Å². The van der Waals surface area contributed by atoms with E-state index in [-0.39, 0.29) is 11.7 Å². The lowest BCUT2D eigenvalue weighted by Gasteiger charge is -2.27. The minimum absolute atomic E-state index is 0.0634. The number of hydrogen-bond acceptors (Lipinski definition) is 5. The number of aromatic nitrogens is 1. The van der Waals surface area contributed by atoms with Gasteiger partial charge in [0.15, 0.2) is 0 Å². The highest BCUT2D eigenvalue weighted by Crippen LogP contribution is 2.36. The van der Waals surface area contributed by atoms with Crippen LogP contribution in [0.4, 0.5) is 11.5 Å². The van der Waals surface area contributed by atoms with Gasteiger partial charge in [-0.2, -0.15) is 0 Å².